The zero-order chi connectivity index (χ0) is 24.6. The highest BCUT2D eigenvalue weighted by Crippen LogP contribution is 2.39. The third-order valence-corrected chi connectivity index (χ3v) is 10.2. The normalized spacial score (nSPS) is 27.6. The van der Waals surface area contributed by atoms with Gasteiger partial charge in [0.05, 0.1) is 12.2 Å². The molecule has 3 atom stereocenters. The predicted molar refractivity (Wildman–Crippen MR) is 133 cm³/mol. The van der Waals surface area contributed by atoms with Crippen molar-refractivity contribution in [2.45, 2.75) is 69.5 Å². The number of hydrogen-bond acceptors (Lipinski definition) is 6. The predicted octanol–water partition coefficient (Wildman–Crippen LogP) is 1.33. The number of carbonyl (C=O) groups excluding carboxylic acids is 2. The minimum atomic E-state index is -3.35. The molecular formula is C25H36N4O5S. The smallest absolute Gasteiger partial charge is 0.251 e. The molecule has 2 amide bonds. The molecule has 0 radical (unpaired) electrons. The van der Waals surface area contributed by atoms with E-state index in [-0.39, 0.29) is 48.2 Å². The lowest BCUT2D eigenvalue weighted by atomic mass is 9.99. The number of benzene rings is 1. The van der Waals surface area contributed by atoms with E-state index >= 15 is 0 Å². The average Bonchev–Trinajstić information content (AvgIpc) is 3.34. The number of aliphatic hydroxyl groups excluding tert-OH is 1. The van der Waals surface area contributed by atoms with Crippen molar-refractivity contribution in [3.05, 3.63) is 29.3 Å². The van der Waals surface area contributed by atoms with Gasteiger partial charge in [0.1, 0.15) is 0 Å². The molecule has 1 aromatic rings. The van der Waals surface area contributed by atoms with Crippen LogP contribution >= 0.6 is 0 Å². The van der Waals surface area contributed by atoms with Crippen molar-refractivity contribution in [1.29, 1.82) is 0 Å². The molecule has 4 heterocycles. The van der Waals surface area contributed by atoms with E-state index in [1.54, 1.807) is 22.5 Å². The molecule has 3 fully saturated rings. The van der Waals surface area contributed by atoms with Crippen LogP contribution in [0.15, 0.2) is 18.2 Å². The molecule has 5 rings (SSSR count). The van der Waals surface area contributed by atoms with Crippen LogP contribution in [0.25, 0.3) is 0 Å². The quantitative estimate of drug-likeness (QED) is 0.492. The van der Waals surface area contributed by atoms with Crippen LogP contribution in [-0.4, -0.2) is 84.7 Å². The average molecular weight is 505 g/mol. The van der Waals surface area contributed by atoms with Gasteiger partial charge >= 0.3 is 0 Å². The summed E-state index contributed by atoms with van der Waals surface area (Å²) in [5.74, 6) is 0.173. The van der Waals surface area contributed by atoms with Crippen molar-refractivity contribution < 1.29 is 23.1 Å². The van der Waals surface area contributed by atoms with E-state index in [9.17, 15) is 18.0 Å². The summed E-state index contributed by atoms with van der Waals surface area (Å²) in [6.07, 6.45) is 5.81. The van der Waals surface area contributed by atoms with E-state index in [0.717, 1.165) is 63.0 Å². The molecule has 35 heavy (non-hydrogen) atoms. The number of anilines is 1. The number of amides is 2. The number of sulfonamides is 1. The summed E-state index contributed by atoms with van der Waals surface area (Å²) in [6.45, 7) is 2.86. The SMILES string of the molecule is O=C1Cc2cc(C(=O)N[C@H]3C[C@H]4CC[C@@H](C3)N4S(=O)(=O)CC3CCN(CCCO)CC3)ccc2N1. The van der Waals surface area contributed by atoms with Gasteiger partial charge in [-0.3, -0.25) is 9.59 Å². The van der Waals surface area contributed by atoms with E-state index in [0.29, 0.717) is 24.8 Å². The number of rotatable bonds is 8. The summed E-state index contributed by atoms with van der Waals surface area (Å²) in [5.41, 5.74) is 2.13. The standard InChI is InChI=1S/C25H36N4O5S/c30-11-1-8-28-9-6-17(7-10-28)16-35(33,34)29-21-3-4-22(29)15-20(14-21)26-25(32)18-2-5-23-19(12-18)13-24(31)27-23/h2,5,12,17,20-22,30H,1,3-4,6-11,13-16H2,(H,26,32)(H,27,31)/t20-,21+,22-. The van der Waals surface area contributed by atoms with E-state index in [1.165, 1.54) is 0 Å². The molecule has 9 nitrogen and oxygen atoms in total. The lowest BCUT2D eigenvalue weighted by molar-refractivity contribution is -0.115. The highest BCUT2D eigenvalue weighted by Gasteiger charge is 2.47. The molecule has 3 N–H and O–H groups in total. The third-order valence-electron chi connectivity index (χ3n) is 8.10. The number of likely N-dealkylation sites (tertiary alicyclic amines) is 1. The first-order valence-electron chi connectivity index (χ1n) is 12.9. The number of hydrogen-bond donors (Lipinski definition) is 3. The first-order chi connectivity index (χ1) is 16.8. The Kier molecular flexibility index (Phi) is 7.16. The Balaban J connectivity index is 1.16. The van der Waals surface area contributed by atoms with Gasteiger partial charge in [-0.05, 0) is 87.7 Å². The second-order valence-corrected chi connectivity index (χ2v) is 12.5. The molecule has 0 aliphatic carbocycles. The van der Waals surface area contributed by atoms with Gasteiger partial charge in [-0.15, -0.1) is 0 Å². The zero-order valence-corrected chi connectivity index (χ0v) is 20.9. The Hall–Kier alpha value is -2.01. The van der Waals surface area contributed by atoms with Gasteiger partial charge in [-0.1, -0.05) is 0 Å². The maximum absolute atomic E-state index is 13.4. The highest BCUT2D eigenvalue weighted by molar-refractivity contribution is 7.89. The number of fused-ring (bicyclic) bond motifs is 3. The largest absolute Gasteiger partial charge is 0.396 e. The van der Waals surface area contributed by atoms with Crippen molar-refractivity contribution in [1.82, 2.24) is 14.5 Å². The molecule has 2 bridgehead atoms. The van der Waals surface area contributed by atoms with Gasteiger partial charge in [0.2, 0.25) is 15.9 Å². The van der Waals surface area contributed by atoms with Crippen LogP contribution in [0.3, 0.4) is 0 Å². The fourth-order valence-corrected chi connectivity index (χ4v) is 8.79. The van der Waals surface area contributed by atoms with Gasteiger partial charge in [0.25, 0.3) is 5.91 Å². The number of aliphatic hydroxyl groups is 1. The minimum absolute atomic E-state index is 0.0458. The second-order valence-electron chi connectivity index (χ2n) is 10.6. The lowest BCUT2D eigenvalue weighted by Gasteiger charge is -2.39. The zero-order valence-electron chi connectivity index (χ0n) is 20.1. The van der Waals surface area contributed by atoms with Crippen molar-refractivity contribution in [2.75, 3.05) is 37.3 Å². The fraction of sp³-hybridized carbons (Fsp3) is 0.680. The Morgan fingerprint density at radius 1 is 1.11 bits per heavy atom. The number of nitrogens with zero attached hydrogens (tertiary/aromatic N) is 2. The molecule has 1 aromatic carbocycles. The van der Waals surface area contributed by atoms with Crippen molar-refractivity contribution in [3.63, 3.8) is 0 Å². The second kappa shape index (κ2) is 10.2. The van der Waals surface area contributed by atoms with Gasteiger partial charge in [0.15, 0.2) is 0 Å². The van der Waals surface area contributed by atoms with Crippen molar-refractivity contribution >= 4 is 27.5 Å². The molecule has 10 heteroatoms. The van der Waals surface area contributed by atoms with Crippen LogP contribution in [0.2, 0.25) is 0 Å². The topological polar surface area (TPSA) is 119 Å². The minimum Gasteiger partial charge on any atom is -0.396 e. The molecule has 0 saturated carbocycles. The third kappa shape index (κ3) is 5.40. The maximum atomic E-state index is 13.4. The fourth-order valence-electron chi connectivity index (χ4n) is 6.40. The summed E-state index contributed by atoms with van der Waals surface area (Å²) >= 11 is 0. The Morgan fingerprint density at radius 3 is 2.51 bits per heavy atom. The summed E-state index contributed by atoms with van der Waals surface area (Å²) in [4.78, 5) is 26.8. The number of carbonyl (C=O) groups is 2. The Labute approximate surface area is 207 Å². The number of nitrogens with one attached hydrogen (secondary N) is 2. The van der Waals surface area contributed by atoms with Crippen LogP contribution in [-0.2, 0) is 21.2 Å². The summed E-state index contributed by atoms with van der Waals surface area (Å²) in [5, 5.41) is 14.9. The van der Waals surface area contributed by atoms with Crippen LogP contribution in [0.5, 0.6) is 0 Å². The van der Waals surface area contributed by atoms with E-state index in [2.05, 4.69) is 15.5 Å². The van der Waals surface area contributed by atoms with Crippen molar-refractivity contribution in [2.24, 2.45) is 5.92 Å². The van der Waals surface area contributed by atoms with E-state index in [1.807, 2.05) is 0 Å². The first-order valence-corrected chi connectivity index (χ1v) is 14.5. The monoisotopic (exact) mass is 504 g/mol. The molecule has 4 aliphatic heterocycles. The molecule has 192 valence electrons. The Morgan fingerprint density at radius 2 is 1.83 bits per heavy atom. The van der Waals surface area contributed by atoms with E-state index in [4.69, 9.17) is 5.11 Å². The van der Waals surface area contributed by atoms with Crippen molar-refractivity contribution in [3.8, 4) is 0 Å². The number of piperidine rings is 2. The lowest BCUT2D eigenvalue weighted by Crippen LogP contribution is -2.53. The van der Waals surface area contributed by atoms with Crippen LogP contribution in [0.4, 0.5) is 5.69 Å². The molecule has 0 unspecified atom stereocenters. The van der Waals surface area contributed by atoms with E-state index < -0.39 is 10.0 Å². The first kappa shape index (κ1) is 24.7. The highest BCUT2D eigenvalue weighted by atomic mass is 32.2. The van der Waals surface area contributed by atoms with Crippen LogP contribution < -0.4 is 10.6 Å². The summed E-state index contributed by atoms with van der Waals surface area (Å²) in [7, 11) is -3.35. The van der Waals surface area contributed by atoms with Gasteiger partial charge in [-0.2, -0.15) is 4.31 Å². The van der Waals surface area contributed by atoms with Crippen LogP contribution in [0, 0.1) is 5.92 Å². The Bertz CT molecular complexity index is 1060. The van der Waals surface area contributed by atoms with Crippen LogP contribution in [0.1, 0.15) is 60.9 Å². The van der Waals surface area contributed by atoms with Gasteiger partial charge < -0.3 is 20.6 Å². The molecule has 4 aliphatic rings. The van der Waals surface area contributed by atoms with Gasteiger partial charge in [0, 0.05) is 42.5 Å². The molecule has 0 spiro atoms. The molecule has 0 aromatic heterocycles. The summed E-state index contributed by atoms with van der Waals surface area (Å²) < 4.78 is 28.6. The molecule has 3 saturated heterocycles. The molecular weight excluding hydrogens is 468 g/mol. The van der Waals surface area contributed by atoms with Gasteiger partial charge in [-0.25, -0.2) is 8.42 Å². The maximum Gasteiger partial charge on any atom is 0.251 e. The summed E-state index contributed by atoms with van der Waals surface area (Å²) in [6, 6.07) is 5.13.